The first kappa shape index (κ1) is 19.5. The van der Waals surface area contributed by atoms with Gasteiger partial charge >= 0.3 is 0 Å². The highest BCUT2D eigenvalue weighted by Gasteiger charge is 2.11. The fourth-order valence-electron chi connectivity index (χ4n) is 2.69. The Kier molecular flexibility index (Phi) is 7.95. The van der Waals surface area contributed by atoms with Crippen LogP contribution in [0.4, 0.5) is 0 Å². The van der Waals surface area contributed by atoms with Crippen LogP contribution in [0.25, 0.3) is 0 Å². The first-order valence-corrected chi connectivity index (χ1v) is 9.42. The van der Waals surface area contributed by atoms with Gasteiger partial charge in [0.05, 0.1) is 26.2 Å². The van der Waals surface area contributed by atoms with Crippen molar-refractivity contribution in [3.63, 3.8) is 0 Å². The largest absolute Gasteiger partial charge is 0.496 e. The van der Waals surface area contributed by atoms with Gasteiger partial charge < -0.3 is 19.5 Å². The first-order chi connectivity index (χ1) is 12.2. The number of para-hydroxylation sites is 1. The normalized spacial score (nSPS) is 10.6. The van der Waals surface area contributed by atoms with E-state index in [9.17, 15) is 0 Å². The van der Waals surface area contributed by atoms with Crippen LogP contribution in [-0.2, 0) is 13.0 Å². The molecule has 0 saturated heterocycles. The molecular formula is C20H27NO3S. The maximum Gasteiger partial charge on any atom is 0.132 e. The molecule has 0 fully saturated rings. The molecule has 1 N–H and O–H groups in total. The van der Waals surface area contributed by atoms with E-state index in [1.807, 2.05) is 18.2 Å². The van der Waals surface area contributed by atoms with Crippen LogP contribution in [0.3, 0.4) is 0 Å². The van der Waals surface area contributed by atoms with Crippen molar-refractivity contribution >= 4 is 11.8 Å². The van der Waals surface area contributed by atoms with Crippen LogP contribution in [0.15, 0.2) is 41.3 Å². The van der Waals surface area contributed by atoms with Crippen molar-refractivity contribution < 1.29 is 14.2 Å². The van der Waals surface area contributed by atoms with E-state index in [4.69, 9.17) is 14.2 Å². The first-order valence-electron chi connectivity index (χ1n) is 8.43. The number of hydrogen-bond donors (Lipinski definition) is 1. The predicted molar refractivity (Wildman–Crippen MR) is 104 cm³/mol. The molecule has 0 heterocycles. The Morgan fingerprint density at radius 3 is 2.28 bits per heavy atom. The van der Waals surface area contributed by atoms with Gasteiger partial charge in [0.1, 0.15) is 17.2 Å². The van der Waals surface area contributed by atoms with Gasteiger partial charge in [0, 0.05) is 12.1 Å². The van der Waals surface area contributed by atoms with Crippen molar-refractivity contribution in [3.8, 4) is 17.2 Å². The highest BCUT2D eigenvalue weighted by Crippen LogP contribution is 2.35. The standard InChI is InChI=1S/C20H27NO3S/c1-5-25-20-13-18(23-3)15(12-19(20)24-4)10-11-21-14-16-8-6-7-9-17(16)22-2/h6-9,12-13,21H,5,10-11,14H2,1-4H3. The molecule has 0 atom stereocenters. The van der Waals surface area contributed by atoms with Gasteiger partial charge in [-0.2, -0.15) is 0 Å². The zero-order valence-corrected chi connectivity index (χ0v) is 16.2. The Bertz CT molecular complexity index is 676. The van der Waals surface area contributed by atoms with Gasteiger partial charge in [-0.1, -0.05) is 25.1 Å². The monoisotopic (exact) mass is 361 g/mol. The lowest BCUT2D eigenvalue weighted by molar-refractivity contribution is 0.390. The van der Waals surface area contributed by atoms with Gasteiger partial charge in [0.15, 0.2) is 0 Å². The predicted octanol–water partition coefficient (Wildman–Crippen LogP) is 4.16. The highest BCUT2D eigenvalue weighted by atomic mass is 32.2. The number of hydrogen-bond acceptors (Lipinski definition) is 5. The lowest BCUT2D eigenvalue weighted by atomic mass is 10.1. The molecule has 0 aromatic heterocycles. The van der Waals surface area contributed by atoms with Gasteiger partial charge in [0.2, 0.25) is 0 Å². The van der Waals surface area contributed by atoms with Crippen LogP contribution >= 0.6 is 11.8 Å². The molecule has 2 rings (SSSR count). The molecule has 0 aliphatic rings. The van der Waals surface area contributed by atoms with Crippen LogP contribution in [0.2, 0.25) is 0 Å². The fraction of sp³-hybridized carbons (Fsp3) is 0.400. The number of methoxy groups -OCH3 is 3. The average molecular weight is 362 g/mol. The molecule has 0 aliphatic heterocycles. The topological polar surface area (TPSA) is 39.7 Å². The maximum absolute atomic E-state index is 5.57. The summed E-state index contributed by atoms with van der Waals surface area (Å²) in [5.41, 5.74) is 2.30. The van der Waals surface area contributed by atoms with Crippen LogP contribution < -0.4 is 19.5 Å². The minimum atomic E-state index is 0.771. The van der Waals surface area contributed by atoms with Crippen LogP contribution in [-0.4, -0.2) is 33.6 Å². The van der Waals surface area contributed by atoms with Crippen LogP contribution in [0.5, 0.6) is 17.2 Å². The summed E-state index contributed by atoms with van der Waals surface area (Å²) in [5, 5.41) is 3.47. The van der Waals surface area contributed by atoms with E-state index in [0.717, 1.165) is 58.5 Å². The molecule has 2 aromatic carbocycles. The number of ether oxygens (including phenoxy) is 3. The molecule has 0 spiro atoms. The molecular weight excluding hydrogens is 334 g/mol. The second-order valence-corrected chi connectivity index (χ2v) is 6.79. The Morgan fingerprint density at radius 2 is 1.60 bits per heavy atom. The van der Waals surface area contributed by atoms with Crippen LogP contribution in [0.1, 0.15) is 18.1 Å². The van der Waals surface area contributed by atoms with Gasteiger partial charge in [-0.05, 0) is 42.5 Å². The average Bonchev–Trinajstić information content (AvgIpc) is 2.66. The summed E-state index contributed by atoms with van der Waals surface area (Å²) in [6.07, 6.45) is 0.867. The molecule has 136 valence electrons. The van der Waals surface area contributed by atoms with E-state index in [1.54, 1.807) is 33.1 Å². The minimum absolute atomic E-state index is 0.771. The summed E-state index contributed by atoms with van der Waals surface area (Å²) < 4.78 is 16.5. The molecule has 0 saturated carbocycles. The zero-order valence-electron chi connectivity index (χ0n) is 15.4. The molecule has 0 aliphatic carbocycles. The second-order valence-electron chi connectivity index (χ2n) is 5.49. The summed E-state index contributed by atoms with van der Waals surface area (Å²) in [7, 11) is 5.13. The highest BCUT2D eigenvalue weighted by molar-refractivity contribution is 7.99. The third kappa shape index (κ3) is 5.31. The quantitative estimate of drug-likeness (QED) is 0.508. The van der Waals surface area contributed by atoms with Gasteiger partial charge in [-0.15, -0.1) is 11.8 Å². The summed E-state index contributed by atoms with van der Waals surface area (Å²) in [5.74, 6) is 3.73. The Hall–Kier alpha value is -1.85. The molecule has 0 unspecified atom stereocenters. The Balaban J connectivity index is 2.00. The third-order valence-electron chi connectivity index (χ3n) is 3.95. The van der Waals surface area contributed by atoms with E-state index in [0.29, 0.717) is 0 Å². The summed E-state index contributed by atoms with van der Waals surface area (Å²) >= 11 is 1.76. The van der Waals surface area contributed by atoms with Crippen molar-refractivity contribution in [1.82, 2.24) is 5.32 Å². The summed E-state index contributed by atoms with van der Waals surface area (Å²) in [4.78, 5) is 1.12. The Labute approximate surface area is 154 Å². The lowest BCUT2D eigenvalue weighted by Gasteiger charge is -2.15. The third-order valence-corrected chi connectivity index (χ3v) is 4.86. The van der Waals surface area contributed by atoms with Crippen molar-refractivity contribution in [2.75, 3.05) is 33.6 Å². The molecule has 0 radical (unpaired) electrons. The SMILES string of the molecule is CCSc1cc(OC)c(CCNCc2ccccc2OC)cc1OC. The summed E-state index contributed by atoms with van der Waals surface area (Å²) in [6, 6.07) is 12.2. The number of thioether (sulfide) groups is 1. The molecule has 5 heteroatoms. The van der Waals surface area contributed by atoms with E-state index in [2.05, 4.69) is 30.4 Å². The van der Waals surface area contributed by atoms with E-state index in [-0.39, 0.29) is 0 Å². The van der Waals surface area contributed by atoms with E-state index < -0.39 is 0 Å². The lowest BCUT2D eigenvalue weighted by Crippen LogP contribution is -2.17. The van der Waals surface area contributed by atoms with Crippen molar-refractivity contribution in [1.29, 1.82) is 0 Å². The van der Waals surface area contributed by atoms with Crippen molar-refractivity contribution in [2.45, 2.75) is 24.8 Å². The number of rotatable bonds is 10. The van der Waals surface area contributed by atoms with E-state index in [1.165, 1.54) is 0 Å². The maximum atomic E-state index is 5.57. The zero-order chi connectivity index (χ0) is 18.1. The molecule has 4 nitrogen and oxygen atoms in total. The minimum Gasteiger partial charge on any atom is -0.496 e. The van der Waals surface area contributed by atoms with Crippen molar-refractivity contribution in [3.05, 3.63) is 47.5 Å². The number of nitrogens with one attached hydrogen (secondary N) is 1. The molecule has 0 amide bonds. The van der Waals surface area contributed by atoms with Gasteiger partial charge in [-0.3, -0.25) is 0 Å². The Morgan fingerprint density at radius 1 is 0.880 bits per heavy atom. The van der Waals surface area contributed by atoms with Crippen molar-refractivity contribution in [2.24, 2.45) is 0 Å². The fourth-order valence-corrected chi connectivity index (χ4v) is 3.48. The van der Waals surface area contributed by atoms with Crippen LogP contribution in [0, 0.1) is 0 Å². The molecule has 2 aromatic rings. The summed E-state index contributed by atoms with van der Waals surface area (Å²) in [6.45, 7) is 3.75. The van der Waals surface area contributed by atoms with Gasteiger partial charge in [-0.25, -0.2) is 0 Å². The smallest absolute Gasteiger partial charge is 0.132 e. The van der Waals surface area contributed by atoms with E-state index >= 15 is 0 Å². The van der Waals surface area contributed by atoms with Gasteiger partial charge in [0.25, 0.3) is 0 Å². The second kappa shape index (κ2) is 10.2. The molecule has 25 heavy (non-hydrogen) atoms. The molecule has 0 bridgehead atoms. The number of benzene rings is 2.